The lowest BCUT2D eigenvalue weighted by Crippen LogP contribution is -2.09. The quantitative estimate of drug-likeness (QED) is 0.589. The summed E-state index contributed by atoms with van der Waals surface area (Å²) < 4.78 is 4.91. The SMILES string of the molecule is CCNc1ncc([N+](=O)[O-])c(NCc2nc(C)no2)n1. The number of nitro groups is 1. The van der Waals surface area contributed by atoms with Gasteiger partial charge in [-0.15, -0.1) is 0 Å². The lowest BCUT2D eigenvalue weighted by molar-refractivity contribution is -0.384. The average Bonchev–Trinajstić information content (AvgIpc) is 2.82. The van der Waals surface area contributed by atoms with Gasteiger partial charge in [0, 0.05) is 6.54 Å². The first kappa shape index (κ1) is 13.6. The molecule has 0 saturated carbocycles. The van der Waals surface area contributed by atoms with Crippen molar-refractivity contribution >= 4 is 17.5 Å². The maximum Gasteiger partial charge on any atom is 0.329 e. The van der Waals surface area contributed by atoms with Gasteiger partial charge in [0.2, 0.25) is 17.7 Å². The molecule has 2 heterocycles. The predicted molar refractivity (Wildman–Crippen MR) is 69.2 cm³/mol. The van der Waals surface area contributed by atoms with Gasteiger partial charge >= 0.3 is 5.69 Å². The number of anilines is 2. The second-order valence-corrected chi connectivity index (χ2v) is 3.80. The Labute approximate surface area is 113 Å². The largest absolute Gasteiger partial charge is 0.355 e. The number of aryl methyl sites for hydroxylation is 1. The van der Waals surface area contributed by atoms with Gasteiger partial charge in [-0.05, 0) is 13.8 Å². The van der Waals surface area contributed by atoms with E-state index in [1.807, 2.05) is 6.92 Å². The molecule has 0 aliphatic carbocycles. The van der Waals surface area contributed by atoms with Crippen LogP contribution in [-0.4, -0.2) is 31.6 Å². The molecule has 0 radical (unpaired) electrons. The highest BCUT2D eigenvalue weighted by molar-refractivity contribution is 5.56. The molecule has 0 aromatic carbocycles. The third-order valence-electron chi connectivity index (χ3n) is 2.28. The second-order valence-electron chi connectivity index (χ2n) is 3.80. The fourth-order valence-electron chi connectivity index (χ4n) is 1.45. The normalized spacial score (nSPS) is 10.3. The number of hydrogen-bond acceptors (Lipinski definition) is 9. The van der Waals surface area contributed by atoms with Crippen molar-refractivity contribution in [3.63, 3.8) is 0 Å². The monoisotopic (exact) mass is 279 g/mol. The summed E-state index contributed by atoms with van der Waals surface area (Å²) in [5.41, 5.74) is -0.220. The molecule has 20 heavy (non-hydrogen) atoms. The molecule has 2 N–H and O–H groups in total. The predicted octanol–water partition coefficient (Wildman–Crippen LogP) is 1.12. The Morgan fingerprint density at radius 3 is 2.80 bits per heavy atom. The van der Waals surface area contributed by atoms with Crippen molar-refractivity contribution in [2.75, 3.05) is 17.2 Å². The van der Waals surface area contributed by atoms with Crippen LogP contribution in [0.1, 0.15) is 18.6 Å². The highest BCUT2D eigenvalue weighted by Crippen LogP contribution is 2.22. The van der Waals surface area contributed by atoms with Gasteiger partial charge in [0.1, 0.15) is 6.20 Å². The molecule has 0 fully saturated rings. The topological polar surface area (TPSA) is 132 Å². The van der Waals surface area contributed by atoms with Crippen LogP contribution in [0, 0.1) is 17.0 Å². The molecule has 0 atom stereocenters. The molecule has 0 aliphatic heterocycles. The number of aromatic nitrogens is 4. The van der Waals surface area contributed by atoms with E-state index in [2.05, 4.69) is 30.7 Å². The van der Waals surface area contributed by atoms with Crippen LogP contribution < -0.4 is 10.6 Å². The van der Waals surface area contributed by atoms with Gasteiger partial charge in [-0.2, -0.15) is 9.97 Å². The Balaban J connectivity index is 2.18. The fraction of sp³-hybridized carbons (Fsp3) is 0.400. The Kier molecular flexibility index (Phi) is 4.03. The fourth-order valence-corrected chi connectivity index (χ4v) is 1.45. The van der Waals surface area contributed by atoms with Gasteiger partial charge in [-0.3, -0.25) is 10.1 Å². The molecule has 2 aromatic rings. The van der Waals surface area contributed by atoms with E-state index in [1.165, 1.54) is 0 Å². The van der Waals surface area contributed by atoms with Crippen LogP contribution in [0.25, 0.3) is 0 Å². The maximum atomic E-state index is 10.9. The third-order valence-corrected chi connectivity index (χ3v) is 2.28. The summed E-state index contributed by atoms with van der Waals surface area (Å²) in [5, 5.41) is 20.2. The minimum absolute atomic E-state index is 0.0943. The van der Waals surface area contributed by atoms with E-state index in [4.69, 9.17) is 4.52 Å². The van der Waals surface area contributed by atoms with Crippen molar-refractivity contribution in [2.24, 2.45) is 0 Å². The average molecular weight is 279 g/mol. The van der Waals surface area contributed by atoms with E-state index in [0.29, 0.717) is 24.2 Å². The van der Waals surface area contributed by atoms with Crippen LogP contribution in [0.4, 0.5) is 17.5 Å². The molecule has 0 amide bonds. The molecular formula is C10H13N7O3. The standard InChI is InChI=1S/C10H13N7O3/c1-3-11-10-13-4-7(17(18)19)9(15-10)12-5-8-14-6(2)16-20-8/h4H,3,5H2,1-2H3,(H2,11,12,13,15). The molecular weight excluding hydrogens is 266 g/mol. The molecule has 10 heteroatoms. The smallest absolute Gasteiger partial charge is 0.329 e. The molecule has 2 aromatic heterocycles. The third kappa shape index (κ3) is 3.16. The number of hydrogen-bond donors (Lipinski definition) is 2. The van der Waals surface area contributed by atoms with Crippen LogP contribution in [0.15, 0.2) is 10.7 Å². The first-order valence-electron chi connectivity index (χ1n) is 5.88. The number of nitrogens with one attached hydrogen (secondary N) is 2. The summed E-state index contributed by atoms with van der Waals surface area (Å²) in [6, 6.07) is 0. The molecule has 106 valence electrons. The van der Waals surface area contributed by atoms with Crippen LogP contribution in [-0.2, 0) is 6.54 Å². The Morgan fingerprint density at radius 1 is 1.40 bits per heavy atom. The summed E-state index contributed by atoms with van der Waals surface area (Å²) in [6.07, 6.45) is 1.15. The molecule has 0 spiro atoms. The van der Waals surface area contributed by atoms with Crippen LogP contribution in [0.5, 0.6) is 0 Å². The zero-order valence-corrected chi connectivity index (χ0v) is 11.0. The lowest BCUT2D eigenvalue weighted by atomic mass is 10.4. The number of nitrogens with zero attached hydrogens (tertiary/aromatic N) is 5. The highest BCUT2D eigenvalue weighted by atomic mass is 16.6. The zero-order chi connectivity index (χ0) is 14.5. The van der Waals surface area contributed by atoms with Crippen LogP contribution >= 0.6 is 0 Å². The first-order chi connectivity index (χ1) is 9.60. The van der Waals surface area contributed by atoms with Gasteiger partial charge < -0.3 is 15.2 Å². The summed E-state index contributed by atoms with van der Waals surface area (Å²) in [4.78, 5) is 22.2. The van der Waals surface area contributed by atoms with Crippen molar-refractivity contribution in [3.05, 3.63) is 28.0 Å². The summed E-state index contributed by atoms with van der Waals surface area (Å²) in [7, 11) is 0. The van der Waals surface area contributed by atoms with Crippen LogP contribution in [0.3, 0.4) is 0 Å². The van der Waals surface area contributed by atoms with Gasteiger partial charge in [-0.1, -0.05) is 5.16 Å². The number of rotatable bonds is 6. The summed E-state index contributed by atoms with van der Waals surface area (Å²) >= 11 is 0. The van der Waals surface area contributed by atoms with E-state index in [0.717, 1.165) is 6.20 Å². The molecule has 10 nitrogen and oxygen atoms in total. The molecule has 0 bridgehead atoms. The van der Waals surface area contributed by atoms with Gasteiger partial charge in [-0.25, -0.2) is 4.98 Å². The van der Waals surface area contributed by atoms with E-state index in [9.17, 15) is 10.1 Å². The Hall–Kier alpha value is -2.78. The lowest BCUT2D eigenvalue weighted by Gasteiger charge is -2.06. The van der Waals surface area contributed by atoms with Crippen molar-refractivity contribution in [3.8, 4) is 0 Å². The summed E-state index contributed by atoms with van der Waals surface area (Å²) in [5.74, 6) is 1.21. The zero-order valence-electron chi connectivity index (χ0n) is 11.0. The minimum Gasteiger partial charge on any atom is -0.355 e. The summed E-state index contributed by atoms with van der Waals surface area (Å²) in [6.45, 7) is 4.31. The first-order valence-corrected chi connectivity index (χ1v) is 5.88. The molecule has 2 rings (SSSR count). The van der Waals surface area contributed by atoms with E-state index >= 15 is 0 Å². The van der Waals surface area contributed by atoms with Gasteiger partial charge in [0.05, 0.1) is 11.5 Å². The van der Waals surface area contributed by atoms with E-state index in [-0.39, 0.29) is 18.1 Å². The molecule has 0 aliphatic rings. The van der Waals surface area contributed by atoms with Crippen molar-refractivity contribution < 1.29 is 9.45 Å². The van der Waals surface area contributed by atoms with Crippen LogP contribution in [0.2, 0.25) is 0 Å². The second kappa shape index (κ2) is 5.91. The minimum atomic E-state index is -0.558. The maximum absolute atomic E-state index is 10.9. The molecule has 0 unspecified atom stereocenters. The molecule has 0 saturated heterocycles. The van der Waals surface area contributed by atoms with E-state index < -0.39 is 4.92 Å². The Bertz CT molecular complexity index is 613. The van der Waals surface area contributed by atoms with Crippen molar-refractivity contribution in [2.45, 2.75) is 20.4 Å². The Morgan fingerprint density at radius 2 is 2.20 bits per heavy atom. The van der Waals surface area contributed by atoms with E-state index in [1.54, 1.807) is 6.92 Å². The van der Waals surface area contributed by atoms with Crippen molar-refractivity contribution in [1.29, 1.82) is 0 Å². The van der Waals surface area contributed by atoms with Gasteiger partial charge in [0.25, 0.3) is 0 Å². The van der Waals surface area contributed by atoms with Crippen molar-refractivity contribution in [1.82, 2.24) is 20.1 Å². The van der Waals surface area contributed by atoms with Gasteiger partial charge in [0.15, 0.2) is 5.82 Å². The highest BCUT2D eigenvalue weighted by Gasteiger charge is 2.17.